The van der Waals surface area contributed by atoms with Crippen molar-refractivity contribution in [3.8, 4) is 0 Å². The van der Waals surface area contributed by atoms with Crippen LogP contribution in [0.25, 0.3) is 21.9 Å². The lowest BCUT2D eigenvalue weighted by Gasteiger charge is -2.21. The second kappa shape index (κ2) is 6.28. The molecule has 3 atom stereocenters. The molecule has 2 aromatic carbocycles. The van der Waals surface area contributed by atoms with Crippen LogP contribution in [0.15, 0.2) is 45.7 Å². The first-order valence-corrected chi connectivity index (χ1v) is 11.0. The number of non-ortho nitro benzene ring substituents is 1. The highest BCUT2D eigenvalue weighted by Gasteiger charge is 2.39. The molecule has 2 saturated carbocycles. The van der Waals surface area contributed by atoms with Crippen molar-refractivity contribution in [2.24, 2.45) is 17.8 Å². The number of furan rings is 1. The molecule has 0 unspecified atom stereocenters. The zero-order valence-corrected chi connectivity index (χ0v) is 15.9. The second-order valence-electron chi connectivity index (χ2n) is 7.98. The molecule has 0 aliphatic heterocycles. The average Bonchev–Trinajstić information content (AvgIpc) is 3.38. The molecule has 0 amide bonds. The number of hydrogen-bond donors (Lipinski definition) is 1. The molecule has 2 fully saturated rings. The van der Waals surface area contributed by atoms with E-state index in [0.717, 1.165) is 12.3 Å². The van der Waals surface area contributed by atoms with Gasteiger partial charge in [0.25, 0.3) is 5.69 Å². The maximum absolute atomic E-state index is 12.8. The number of nitrogens with one attached hydrogen (secondary N) is 1. The quantitative estimate of drug-likeness (QED) is 0.510. The van der Waals surface area contributed by atoms with Crippen LogP contribution >= 0.6 is 0 Å². The van der Waals surface area contributed by atoms with E-state index in [1.807, 2.05) is 0 Å². The number of nitro groups is 1. The van der Waals surface area contributed by atoms with Crippen LogP contribution in [0, 0.1) is 27.9 Å². The molecule has 2 aliphatic rings. The molecule has 0 saturated heterocycles. The van der Waals surface area contributed by atoms with Gasteiger partial charge in [0.15, 0.2) is 0 Å². The van der Waals surface area contributed by atoms with Crippen molar-refractivity contribution < 1.29 is 17.8 Å². The number of fused-ring (bicyclic) bond motifs is 5. The van der Waals surface area contributed by atoms with Gasteiger partial charge in [0.1, 0.15) is 11.2 Å². The summed E-state index contributed by atoms with van der Waals surface area (Å²) in [6.45, 7) is 0.486. The normalized spacial score (nSPS) is 24.4. The summed E-state index contributed by atoms with van der Waals surface area (Å²) in [5.74, 6) is 1.87. The maximum Gasteiger partial charge on any atom is 0.273 e. The van der Waals surface area contributed by atoms with Crippen LogP contribution < -0.4 is 4.72 Å². The lowest BCUT2D eigenvalue weighted by atomic mass is 9.89. The summed E-state index contributed by atoms with van der Waals surface area (Å²) >= 11 is 0. The molecule has 0 spiro atoms. The summed E-state index contributed by atoms with van der Waals surface area (Å²) in [5, 5.41) is 12.2. The molecule has 28 heavy (non-hydrogen) atoms. The van der Waals surface area contributed by atoms with Crippen molar-refractivity contribution in [1.29, 1.82) is 0 Å². The van der Waals surface area contributed by atoms with Crippen molar-refractivity contribution in [1.82, 2.24) is 4.72 Å². The summed E-state index contributed by atoms with van der Waals surface area (Å²) in [5.41, 5.74) is 0.808. The number of sulfonamides is 1. The third-order valence-electron chi connectivity index (χ3n) is 6.37. The van der Waals surface area contributed by atoms with Gasteiger partial charge in [-0.2, -0.15) is 0 Å². The second-order valence-corrected chi connectivity index (χ2v) is 9.75. The Bertz CT molecular complexity index is 1200. The predicted molar refractivity (Wildman–Crippen MR) is 105 cm³/mol. The third-order valence-corrected chi connectivity index (χ3v) is 7.79. The standard InChI is InChI=1S/C20H20N2O5S/c23-22(24)15-3-5-17-18-10-16(4-6-19(18)27-20(17)9-15)28(25,26)21-11-14-8-12-1-2-13(14)7-12/h3-6,9-10,12-14,21H,1-2,7-8,11H2/t12-,13-,14-/m1/s1. The number of nitro benzene ring substituents is 1. The van der Waals surface area contributed by atoms with Crippen molar-refractivity contribution in [2.75, 3.05) is 6.54 Å². The predicted octanol–water partition coefficient (Wildman–Crippen LogP) is 4.21. The Kier molecular flexibility index (Phi) is 3.96. The zero-order valence-electron chi connectivity index (χ0n) is 15.1. The first kappa shape index (κ1) is 17.6. The smallest absolute Gasteiger partial charge is 0.273 e. The average molecular weight is 400 g/mol. The molecule has 1 heterocycles. The van der Waals surface area contributed by atoms with Crippen molar-refractivity contribution in [3.63, 3.8) is 0 Å². The van der Waals surface area contributed by atoms with E-state index in [9.17, 15) is 18.5 Å². The van der Waals surface area contributed by atoms with E-state index >= 15 is 0 Å². The Labute approximate surface area is 161 Å². The van der Waals surface area contributed by atoms with Crippen molar-refractivity contribution in [3.05, 3.63) is 46.5 Å². The molecule has 2 aliphatic carbocycles. The van der Waals surface area contributed by atoms with Gasteiger partial charge in [-0.3, -0.25) is 10.1 Å². The van der Waals surface area contributed by atoms with Gasteiger partial charge < -0.3 is 4.42 Å². The number of rotatable bonds is 5. The minimum Gasteiger partial charge on any atom is -0.456 e. The molecule has 146 valence electrons. The largest absolute Gasteiger partial charge is 0.456 e. The van der Waals surface area contributed by atoms with E-state index in [0.29, 0.717) is 40.3 Å². The zero-order chi connectivity index (χ0) is 19.5. The molecule has 3 aromatic rings. The van der Waals surface area contributed by atoms with E-state index in [2.05, 4.69) is 4.72 Å². The highest BCUT2D eigenvalue weighted by atomic mass is 32.2. The fourth-order valence-electron chi connectivity index (χ4n) is 4.95. The third kappa shape index (κ3) is 2.87. The van der Waals surface area contributed by atoms with E-state index in [1.165, 1.54) is 37.5 Å². The summed E-state index contributed by atoms with van der Waals surface area (Å²) < 4.78 is 34.1. The first-order chi connectivity index (χ1) is 13.4. The summed E-state index contributed by atoms with van der Waals surface area (Å²) in [4.78, 5) is 10.7. The van der Waals surface area contributed by atoms with Crippen molar-refractivity contribution in [2.45, 2.75) is 30.6 Å². The molecule has 5 rings (SSSR count). The van der Waals surface area contributed by atoms with Crippen LogP contribution in [0.3, 0.4) is 0 Å². The Morgan fingerprint density at radius 1 is 1.07 bits per heavy atom. The Balaban J connectivity index is 1.44. The van der Waals surface area contributed by atoms with Crippen LogP contribution in [0.1, 0.15) is 25.7 Å². The lowest BCUT2D eigenvalue weighted by Crippen LogP contribution is -2.31. The highest BCUT2D eigenvalue weighted by molar-refractivity contribution is 7.89. The van der Waals surface area contributed by atoms with Gasteiger partial charge in [-0.1, -0.05) is 6.42 Å². The fraction of sp³-hybridized carbons (Fsp3) is 0.400. The minimum absolute atomic E-state index is 0.0630. The molecule has 7 nitrogen and oxygen atoms in total. The summed E-state index contributed by atoms with van der Waals surface area (Å²) in [6.07, 6.45) is 4.87. The topological polar surface area (TPSA) is 102 Å². The molecule has 1 N–H and O–H groups in total. The van der Waals surface area contributed by atoms with Crippen LogP contribution in [0.2, 0.25) is 0 Å². The van der Waals surface area contributed by atoms with Crippen LogP contribution in [-0.2, 0) is 10.0 Å². The molecule has 0 radical (unpaired) electrons. The van der Waals surface area contributed by atoms with Crippen LogP contribution in [0.4, 0.5) is 5.69 Å². The van der Waals surface area contributed by atoms with Crippen molar-refractivity contribution >= 4 is 37.6 Å². The number of benzene rings is 2. The van der Waals surface area contributed by atoms with Gasteiger partial charge in [0.2, 0.25) is 10.0 Å². The molecular formula is C20H20N2O5S. The molecular weight excluding hydrogens is 380 g/mol. The van der Waals surface area contributed by atoms with Gasteiger partial charge in [-0.25, -0.2) is 13.1 Å². The fourth-order valence-corrected chi connectivity index (χ4v) is 6.07. The van der Waals surface area contributed by atoms with E-state index < -0.39 is 14.9 Å². The molecule has 8 heteroatoms. The maximum atomic E-state index is 12.8. The monoisotopic (exact) mass is 400 g/mol. The molecule has 1 aromatic heterocycles. The highest BCUT2D eigenvalue weighted by Crippen LogP contribution is 2.48. The Morgan fingerprint density at radius 3 is 2.64 bits per heavy atom. The lowest BCUT2D eigenvalue weighted by molar-refractivity contribution is -0.384. The van der Waals surface area contributed by atoms with E-state index in [1.54, 1.807) is 18.2 Å². The summed E-state index contributed by atoms with van der Waals surface area (Å²) in [6, 6.07) is 9.05. The van der Waals surface area contributed by atoms with Gasteiger partial charge in [-0.05, 0) is 61.3 Å². The van der Waals surface area contributed by atoms with Gasteiger partial charge >= 0.3 is 0 Å². The first-order valence-electron chi connectivity index (χ1n) is 9.51. The van der Waals surface area contributed by atoms with Crippen LogP contribution in [-0.4, -0.2) is 19.9 Å². The summed E-state index contributed by atoms with van der Waals surface area (Å²) in [7, 11) is -3.62. The van der Waals surface area contributed by atoms with Gasteiger partial charge in [0, 0.05) is 23.4 Å². The number of nitrogens with zero attached hydrogens (tertiary/aromatic N) is 1. The SMILES string of the molecule is O=[N+]([O-])c1ccc2c(c1)oc1ccc(S(=O)(=O)NC[C@H]3C[C@@H]4CC[C@@H]3C4)cc12. The van der Waals surface area contributed by atoms with Gasteiger partial charge in [-0.15, -0.1) is 0 Å². The Morgan fingerprint density at radius 2 is 1.93 bits per heavy atom. The van der Waals surface area contributed by atoms with Gasteiger partial charge in [0.05, 0.1) is 15.9 Å². The van der Waals surface area contributed by atoms with Crippen LogP contribution in [0.5, 0.6) is 0 Å². The molecule has 2 bridgehead atoms. The minimum atomic E-state index is -3.62. The number of hydrogen-bond acceptors (Lipinski definition) is 5. The van der Waals surface area contributed by atoms with E-state index in [-0.39, 0.29) is 10.6 Å². The Hall–Kier alpha value is -2.45. The van der Waals surface area contributed by atoms with E-state index in [4.69, 9.17) is 4.42 Å².